The quantitative estimate of drug-likeness (QED) is 0.584. The fraction of sp³-hybridized carbons (Fsp3) is 0.364. The topological polar surface area (TPSA) is 46.5 Å². The average molecular weight is 194 g/mol. The first-order valence-corrected chi connectivity index (χ1v) is 4.49. The molecule has 0 fully saturated rings. The first kappa shape index (κ1) is 10.7. The Bertz CT molecular complexity index is 320. The van der Waals surface area contributed by atoms with E-state index in [-0.39, 0.29) is 0 Å². The molecule has 0 spiro atoms. The lowest BCUT2D eigenvalue weighted by Crippen LogP contribution is -2.18. The van der Waals surface area contributed by atoms with Crippen molar-refractivity contribution in [2.45, 2.75) is 26.6 Å². The summed E-state index contributed by atoms with van der Waals surface area (Å²) in [6, 6.07) is 7.72. The second-order valence-corrected chi connectivity index (χ2v) is 3.26. The first-order valence-electron chi connectivity index (χ1n) is 4.49. The number of hydrogen-bond acceptors (Lipinski definition) is 3. The van der Waals surface area contributed by atoms with Crippen molar-refractivity contribution in [3.63, 3.8) is 0 Å². The molecule has 14 heavy (non-hydrogen) atoms. The van der Waals surface area contributed by atoms with Crippen LogP contribution in [-0.2, 0) is 16.0 Å². The van der Waals surface area contributed by atoms with E-state index >= 15 is 0 Å². The number of rotatable bonds is 3. The summed E-state index contributed by atoms with van der Waals surface area (Å²) in [6.07, 6.45) is -0.712. The summed E-state index contributed by atoms with van der Waals surface area (Å²) in [5, 5.41) is 9.32. The van der Waals surface area contributed by atoms with Gasteiger partial charge in [-0.1, -0.05) is 29.8 Å². The van der Waals surface area contributed by atoms with Crippen molar-refractivity contribution in [2.24, 2.45) is 0 Å². The third kappa shape index (κ3) is 3.58. The molecule has 3 heteroatoms. The zero-order chi connectivity index (χ0) is 10.6. The van der Waals surface area contributed by atoms with Gasteiger partial charge in [-0.05, 0) is 12.5 Å². The van der Waals surface area contributed by atoms with Crippen LogP contribution in [0.25, 0.3) is 0 Å². The smallest absolute Gasteiger partial charge is 0.304 e. The van der Waals surface area contributed by atoms with Crippen LogP contribution in [0.3, 0.4) is 0 Å². The van der Waals surface area contributed by atoms with E-state index in [4.69, 9.17) is 0 Å². The van der Waals surface area contributed by atoms with Gasteiger partial charge in [-0.25, -0.2) is 0 Å². The first-order chi connectivity index (χ1) is 6.58. The number of carbonyl (C=O) groups is 1. The van der Waals surface area contributed by atoms with E-state index in [1.54, 1.807) is 0 Å². The largest absolute Gasteiger partial charge is 0.436 e. The highest BCUT2D eigenvalue weighted by Gasteiger charge is 2.07. The minimum absolute atomic E-state index is 0.335. The lowest BCUT2D eigenvalue weighted by molar-refractivity contribution is -0.164. The van der Waals surface area contributed by atoms with Gasteiger partial charge in [-0.2, -0.15) is 0 Å². The minimum atomic E-state index is -1.05. The number of ether oxygens (including phenoxy) is 1. The summed E-state index contributed by atoms with van der Waals surface area (Å²) >= 11 is 0. The van der Waals surface area contributed by atoms with E-state index in [2.05, 4.69) is 4.74 Å². The molecule has 0 aliphatic rings. The van der Waals surface area contributed by atoms with Crippen LogP contribution in [0.5, 0.6) is 0 Å². The van der Waals surface area contributed by atoms with Crippen molar-refractivity contribution in [3.8, 4) is 0 Å². The van der Waals surface area contributed by atoms with Gasteiger partial charge in [0.1, 0.15) is 0 Å². The number of aryl methyl sites for hydroxylation is 1. The molecule has 0 aliphatic carbocycles. The van der Waals surface area contributed by atoms with Crippen molar-refractivity contribution < 1.29 is 14.6 Å². The second-order valence-electron chi connectivity index (χ2n) is 3.26. The number of aliphatic hydroxyl groups is 1. The maximum atomic E-state index is 10.5. The van der Waals surface area contributed by atoms with Gasteiger partial charge < -0.3 is 9.84 Å². The van der Waals surface area contributed by atoms with Crippen molar-refractivity contribution >= 4 is 5.97 Å². The lowest BCUT2D eigenvalue weighted by atomic mass is 10.1. The van der Waals surface area contributed by atoms with Gasteiger partial charge >= 0.3 is 5.97 Å². The predicted octanol–water partition coefficient (Wildman–Crippen LogP) is 1.42. The fourth-order valence-corrected chi connectivity index (χ4v) is 1.27. The molecule has 0 aliphatic heterocycles. The number of hydrogen-bond donors (Lipinski definition) is 1. The highest BCUT2D eigenvalue weighted by Crippen LogP contribution is 2.07. The Morgan fingerprint density at radius 1 is 1.57 bits per heavy atom. The van der Waals surface area contributed by atoms with Crippen LogP contribution >= 0.6 is 0 Å². The molecular weight excluding hydrogens is 180 g/mol. The number of carbonyl (C=O) groups excluding carboxylic acids is 1. The van der Waals surface area contributed by atoms with Crippen molar-refractivity contribution in [2.75, 3.05) is 0 Å². The molecular formula is C11H14O3. The minimum Gasteiger partial charge on any atom is -0.436 e. The molecule has 0 heterocycles. The summed E-state index contributed by atoms with van der Waals surface area (Å²) in [4.78, 5) is 10.5. The van der Waals surface area contributed by atoms with E-state index < -0.39 is 12.3 Å². The van der Waals surface area contributed by atoms with Gasteiger partial charge in [0, 0.05) is 13.3 Å². The van der Waals surface area contributed by atoms with Gasteiger partial charge in [-0.15, -0.1) is 0 Å². The SMILES string of the molecule is CC(=O)OC(O)Cc1cccc(C)c1. The summed E-state index contributed by atoms with van der Waals surface area (Å²) in [6.45, 7) is 3.25. The van der Waals surface area contributed by atoms with Crippen LogP contribution < -0.4 is 0 Å². The molecule has 0 bridgehead atoms. The molecule has 3 nitrogen and oxygen atoms in total. The van der Waals surface area contributed by atoms with Crippen LogP contribution in [0.1, 0.15) is 18.1 Å². The number of esters is 1. The van der Waals surface area contributed by atoms with Crippen molar-refractivity contribution in [3.05, 3.63) is 35.4 Å². The van der Waals surface area contributed by atoms with Gasteiger partial charge in [0.05, 0.1) is 0 Å². The monoisotopic (exact) mass is 194 g/mol. The van der Waals surface area contributed by atoms with Gasteiger partial charge in [0.2, 0.25) is 6.29 Å². The molecule has 0 saturated heterocycles. The molecule has 0 amide bonds. The van der Waals surface area contributed by atoms with Crippen LogP contribution in [0.15, 0.2) is 24.3 Å². The Balaban J connectivity index is 2.55. The molecule has 76 valence electrons. The molecule has 0 saturated carbocycles. The molecule has 1 atom stereocenters. The standard InChI is InChI=1S/C11H14O3/c1-8-4-3-5-10(6-8)7-11(13)14-9(2)12/h3-6,11,13H,7H2,1-2H3. The maximum Gasteiger partial charge on any atom is 0.304 e. The normalized spacial score (nSPS) is 12.2. The van der Waals surface area contributed by atoms with E-state index in [1.807, 2.05) is 31.2 Å². The van der Waals surface area contributed by atoms with E-state index in [9.17, 15) is 9.90 Å². The van der Waals surface area contributed by atoms with Crippen molar-refractivity contribution in [1.82, 2.24) is 0 Å². The van der Waals surface area contributed by atoms with Gasteiger partial charge in [-0.3, -0.25) is 4.79 Å². The number of benzene rings is 1. The van der Waals surface area contributed by atoms with Crippen molar-refractivity contribution in [1.29, 1.82) is 0 Å². The number of aliphatic hydroxyl groups excluding tert-OH is 1. The molecule has 1 unspecified atom stereocenters. The lowest BCUT2D eigenvalue weighted by Gasteiger charge is -2.10. The Hall–Kier alpha value is -1.35. The van der Waals surface area contributed by atoms with Crippen LogP contribution in [0.4, 0.5) is 0 Å². The van der Waals surface area contributed by atoms with Crippen LogP contribution in [0.2, 0.25) is 0 Å². The Morgan fingerprint density at radius 2 is 2.29 bits per heavy atom. The third-order valence-electron chi connectivity index (χ3n) is 1.79. The third-order valence-corrected chi connectivity index (χ3v) is 1.79. The Labute approximate surface area is 83.3 Å². The van der Waals surface area contributed by atoms with E-state index in [1.165, 1.54) is 6.92 Å². The highest BCUT2D eigenvalue weighted by atomic mass is 16.6. The van der Waals surface area contributed by atoms with E-state index in [0.717, 1.165) is 11.1 Å². The average Bonchev–Trinajstić information content (AvgIpc) is 2.01. The zero-order valence-electron chi connectivity index (χ0n) is 8.36. The molecule has 1 aromatic carbocycles. The second kappa shape index (κ2) is 4.77. The summed E-state index contributed by atoms with van der Waals surface area (Å²) < 4.78 is 4.61. The highest BCUT2D eigenvalue weighted by molar-refractivity contribution is 5.66. The van der Waals surface area contributed by atoms with Crippen LogP contribution in [-0.4, -0.2) is 17.4 Å². The van der Waals surface area contributed by atoms with E-state index in [0.29, 0.717) is 6.42 Å². The summed E-state index contributed by atoms with van der Waals surface area (Å²) in [5.41, 5.74) is 2.08. The fourth-order valence-electron chi connectivity index (χ4n) is 1.27. The Kier molecular flexibility index (Phi) is 3.65. The Morgan fingerprint density at radius 3 is 2.86 bits per heavy atom. The molecule has 1 N–H and O–H groups in total. The molecule has 0 aromatic heterocycles. The maximum absolute atomic E-state index is 10.5. The molecule has 1 aromatic rings. The van der Waals surface area contributed by atoms with Gasteiger partial charge in [0.15, 0.2) is 0 Å². The molecule has 1 rings (SSSR count). The van der Waals surface area contributed by atoms with Crippen LogP contribution in [0, 0.1) is 6.92 Å². The molecule has 0 radical (unpaired) electrons. The summed E-state index contributed by atoms with van der Waals surface area (Å²) in [5.74, 6) is -0.467. The van der Waals surface area contributed by atoms with Gasteiger partial charge in [0.25, 0.3) is 0 Å². The summed E-state index contributed by atoms with van der Waals surface area (Å²) in [7, 11) is 0. The predicted molar refractivity (Wildman–Crippen MR) is 52.7 cm³/mol. The zero-order valence-corrected chi connectivity index (χ0v) is 8.36.